The predicted molar refractivity (Wildman–Crippen MR) is 118 cm³/mol. The third-order valence-corrected chi connectivity index (χ3v) is 5.81. The normalized spacial score (nSPS) is 15.8. The van der Waals surface area contributed by atoms with E-state index in [-0.39, 0.29) is 11.9 Å². The highest BCUT2D eigenvalue weighted by Crippen LogP contribution is 2.31. The Bertz CT molecular complexity index is 1360. The zero-order valence-electron chi connectivity index (χ0n) is 17.5. The molecule has 1 aromatic carbocycles. The summed E-state index contributed by atoms with van der Waals surface area (Å²) in [5.41, 5.74) is 9.87. The van der Waals surface area contributed by atoms with E-state index in [9.17, 15) is 10.1 Å². The van der Waals surface area contributed by atoms with Crippen molar-refractivity contribution < 1.29 is 9.53 Å². The average molecular weight is 427 g/mol. The van der Waals surface area contributed by atoms with Gasteiger partial charge in [0.25, 0.3) is 5.91 Å². The number of carbonyl (C=O) groups is 1. The molecule has 0 saturated carbocycles. The second kappa shape index (κ2) is 7.74. The Kier molecular flexibility index (Phi) is 4.75. The minimum Gasteiger partial charge on any atom is -0.494 e. The SMILES string of the molecule is COc1cc(-c2cnn([C@@H]3CCN(C(=O)c4cccc(N)c4)C3)c2)cn2ncc(C#N)c12. The lowest BCUT2D eigenvalue weighted by atomic mass is 10.1. The highest BCUT2D eigenvalue weighted by molar-refractivity contribution is 5.95. The maximum Gasteiger partial charge on any atom is 0.254 e. The van der Waals surface area contributed by atoms with Gasteiger partial charge in [-0.15, -0.1) is 0 Å². The third kappa shape index (κ3) is 3.32. The smallest absolute Gasteiger partial charge is 0.254 e. The summed E-state index contributed by atoms with van der Waals surface area (Å²) in [6, 6.07) is 11.2. The van der Waals surface area contributed by atoms with Crippen molar-refractivity contribution in [2.24, 2.45) is 0 Å². The fourth-order valence-electron chi connectivity index (χ4n) is 4.16. The number of amides is 1. The first kappa shape index (κ1) is 19.6. The summed E-state index contributed by atoms with van der Waals surface area (Å²) in [5.74, 6) is 0.554. The monoisotopic (exact) mass is 427 g/mol. The van der Waals surface area contributed by atoms with Crippen LogP contribution in [0.4, 0.5) is 5.69 Å². The summed E-state index contributed by atoms with van der Waals surface area (Å²) in [6.45, 7) is 1.25. The van der Waals surface area contributed by atoms with Crippen LogP contribution in [0.15, 0.2) is 55.1 Å². The molecule has 0 aliphatic carbocycles. The summed E-state index contributed by atoms with van der Waals surface area (Å²) in [4.78, 5) is 14.7. The Hall–Kier alpha value is -4.32. The second-order valence-corrected chi connectivity index (χ2v) is 7.79. The van der Waals surface area contributed by atoms with Gasteiger partial charge in [0.2, 0.25) is 0 Å². The van der Waals surface area contributed by atoms with Gasteiger partial charge in [0.15, 0.2) is 0 Å². The molecule has 1 saturated heterocycles. The van der Waals surface area contributed by atoms with Crippen molar-refractivity contribution in [1.82, 2.24) is 24.3 Å². The van der Waals surface area contributed by atoms with Crippen molar-refractivity contribution in [2.45, 2.75) is 12.5 Å². The standard InChI is InChI=1S/C23H21N7O2/c1-32-21-8-16(12-30-22(21)17(9-24)10-27-30)18-11-26-29(13-18)20-5-6-28(14-20)23(31)15-3-2-4-19(25)7-15/h2-4,7-8,10-13,20H,5-6,14,25H2,1H3/t20-/m1/s1. The van der Waals surface area contributed by atoms with E-state index in [1.807, 2.05) is 28.0 Å². The number of nitrogens with zero attached hydrogens (tertiary/aromatic N) is 6. The number of aromatic nitrogens is 4. The maximum atomic E-state index is 12.8. The maximum absolute atomic E-state index is 12.8. The van der Waals surface area contributed by atoms with E-state index >= 15 is 0 Å². The van der Waals surface area contributed by atoms with E-state index in [1.165, 1.54) is 6.20 Å². The summed E-state index contributed by atoms with van der Waals surface area (Å²) in [6.07, 6.45) is 7.95. The molecule has 1 fully saturated rings. The number of likely N-dealkylation sites (tertiary alicyclic amines) is 1. The van der Waals surface area contributed by atoms with Crippen LogP contribution in [-0.2, 0) is 0 Å². The van der Waals surface area contributed by atoms with Crippen LogP contribution in [0.25, 0.3) is 16.6 Å². The number of carbonyl (C=O) groups excluding carboxylic acids is 1. The molecule has 4 aromatic rings. The number of nitrogen functional groups attached to an aromatic ring is 1. The quantitative estimate of drug-likeness (QED) is 0.501. The number of nitriles is 1. The number of ether oxygens (including phenoxy) is 1. The van der Waals surface area contributed by atoms with Gasteiger partial charge in [-0.05, 0) is 30.7 Å². The molecule has 1 atom stereocenters. The van der Waals surface area contributed by atoms with Gasteiger partial charge in [0.05, 0.1) is 25.5 Å². The molecule has 160 valence electrons. The van der Waals surface area contributed by atoms with Crippen LogP contribution >= 0.6 is 0 Å². The molecule has 32 heavy (non-hydrogen) atoms. The molecule has 1 amide bonds. The van der Waals surface area contributed by atoms with Gasteiger partial charge in [-0.3, -0.25) is 9.48 Å². The second-order valence-electron chi connectivity index (χ2n) is 7.79. The number of benzene rings is 1. The number of nitrogens with two attached hydrogens (primary N) is 1. The van der Waals surface area contributed by atoms with Crippen molar-refractivity contribution in [2.75, 3.05) is 25.9 Å². The Balaban J connectivity index is 1.38. The van der Waals surface area contributed by atoms with Gasteiger partial charge in [-0.25, -0.2) is 4.52 Å². The third-order valence-electron chi connectivity index (χ3n) is 5.81. The number of hydrogen-bond acceptors (Lipinski definition) is 6. The Morgan fingerprint density at radius 3 is 2.88 bits per heavy atom. The highest BCUT2D eigenvalue weighted by atomic mass is 16.5. The Morgan fingerprint density at radius 1 is 1.22 bits per heavy atom. The van der Waals surface area contributed by atoms with Crippen LogP contribution in [0.3, 0.4) is 0 Å². The van der Waals surface area contributed by atoms with Crippen LogP contribution in [-0.4, -0.2) is 50.4 Å². The van der Waals surface area contributed by atoms with E-state index < -0.39 is 0 Å². The molecule has 4 heterocycles. The van der Waals surface area contributed by atoms with Crippen molar-refractivity contribution >= 4 is 17.1 Å². The van der Waals surface area contributed by atoms with E-state index in [0.29, 0.717) is 41.2 Å². The number of fused-ring (bicyclic) bond motifs is 1. The van der Waals surface area contributed by atoms with Gasteiger partial charge >= 0.3 is 0 Å². The number of hydrogen-bond donors (Lipinski definition) is 1. The summed E-state index contributed by atoms with van der Waals surface area (Å²) >= 11 is 0. The largest absolute Gasteiger partial charge is 0.494 e. The number of rotatable bonds is 4. The summed E-state index contributed by atoms with van der Waals surface area (Å²) < 4.78 is 9.05. The highest BCUT2D eigenvalue weighted by Gasteiger charge is 2.29. The fourth-order valence-corrected chi connectivity index (χ4v) is 4.16. The Labute approximate surface area is 184 Å². The minimum absolute atomic E-state index is 0.0191. The lowest BCUT2D eigenvalue weighted by Gasteiger charge is -2.17. The number of methoxy groups -OCH3 is 1. The van der Waals surface area contributed by atoms with Crippen molar-refractivity contribution in [3.63, 3.8) is 0 Å². The molecule has 1 aliphatic rings. The van der Waals surface area contributed by atoms with Crippen molar-refractivity contribution in [1.29, 1.82) is 5.26 Å². The number of anilines is 1. The molecule has 9 heteroatoms. The molecule has 3 aromatic heterocycles. The van der Waals surface area contributed by atoms with Crippen LogP contribution < -0.4 is 10.5 Å². The van der Waals surface area contributed by atoms with E-state index in [0.717, 1.165) is 17.5 Å². The first-order valence-corrected chi connectivity index (χ1v) is 10.2. The molecular formula is C23H21N7O2. The van der Waals surface area contributed by atoms with Gasteiger partial charge in [-0.1, -0.05) is 6.07 Å². The molecule has 2 N–H and O–H groups in total. The minimum atomic E-state index is -0.0191. The number of pyridine rings is 1. The van der Waals surface area contributed by atoms with Crippen LogP contribution in [0.5, 0.6) is 5.75 Å². The first-order chi connectivity index (χ1) is 15.6. The van der Waals surface area contributed by atoms with Gasteiger partial charge < -0.3 is 15.4 Å². The molecule has 5 rings (SSSR count). The average Bonchev–Trinajstić information content (AvgIpc) is 3.56. The fraction of sp³-hybridized carbons (Fsp3) is 0.217. The lowest BCUT2D eigenvalue weighted by Crippen LogP contribution is -2.29. The topological polar surface area (TPSA) is 114 Å². The zero-order valence-corrected chi connectivity index (χ0v) is 17.5. The van der Waals surface area contributed by atoms with E-state index in [1.54, 1.807) is 42.1 Å². The van der Waals surface area contributed by atoms with Crippen LogP contribution in [0.2, 0.25) is 0 Å². The van der Waals surface area contributed by atoms with Crippen molar-refractivity contribution in [3.8, 4) is 22.9 Å². The van der Waals surface area contributed by atoms with Gasteiger partial charge in [-0.2, -0.15) is 15.5 Å². The molecule has 9 nitrogen and oxygen atoms in total. The van der Waals surface area contributed by atoms with Gasteiger partial charge in [0.1, 0.15) is 22.9 Å². The van der Waals surface area contributed by atoms with Crippen LogP contribution in [0.1, 0.15) is 28.4 Å². The molecular weight excluding hydrogens is 406 g/mol. The first-order valence-electron chi connectivity index (χ1n) is 10.2. The Morgan fingerprint density at radius 2 is 2.09 bits per heavy atom. The zero-order chi connectivity index (χ0) is 22.2. The molecule has 0 spiro atoms. The van der Waals surface area contributed by atoms with Crippen LogP contribution in [0, 0.1) is 11.3 Å². The van der Waals surface area contributed by atoms with E-state index in [4.69, 9.17) is 10.5 Å². The summed E-state index contributed by atoms with van der Waals surface area (Å²) in [7, 11) is 1.57. The summed E-state index contributed by atoms with van der Waals surface area (Å²) in [5, 5.41) is 18.1. The van der Waals surface area contributed by atoms with Gasteiger partial charge in [0, 0.05) is 47.9 Å². The molecule has 1 aliphatic heterocycles. The van der Waals surface area contributed by atoms with E-state index in [2.05, 4.69) is 16.3 Å². The lowest BCUT2D eigenvalue weighted by molar-refractivity contribution is 0.0787. The van der Waals surface area contributed by atoms with Crippen molar-refractivity contribution in [3.05, 3.63) is 66.2 Å². The molecule has 0 radical (unpaired) electrons. The molecule has 0 unspecified atom stereocenters. The molecule has 0 bridgehead atoms. The predicted octanol–water partition coefficient (Wildman–Crippen LogP) is 2.75.